The highest BCUT2D eigenvalue weighted by Gasteiger charge is 2.29. The molecule has 174 valence electrons. The minimum atomic E-state index is -4.25. The number of carbonyl (C=O) groups is 1. The summed E-state index contributed by atoms with van der Waals surface area (Å²) in [7, 11) is 1.26. The molecule has 0 aliphatic rings. The molecule has 8 heteroatoms. The molecular weight excluding hydrogens is 441 g/mol. The van der Waals surface area contributed by atoms with Crippen LogP contribution in [-0.2, 0) is 27.8 Å². The number of likely N-dealkylation sites (N-methyl/N-ethyl adjacent to an activating group) is 1. The van der Waals surface area contributed by atoms with E-state index >= 15 is 0 Å². The zero-order chi connectivity index (χ0) is 24.0. The molecule has 0 saturated heterocycles. The molecule has 3 rings (SSSR count). The Labute approximate surface area is 194 Å². The lowest BCUT2D eigenvalue weighted by Gasteiger charge is -2.25. The van der Waals surface area contributed by atoms with Crippen LogP contribution in [0.1, 0.15) is 11.1 Å². The summed E-state index contributed by atoms with van der Waals surface area (Å²) >= 11 is 0. The molecule has 0 spiro atoms. The average molecular weight is 470 g/mol. The third-order valence-electron chi connectivity index (χ3n) is 5.25. The second-order valence-electron chi connectivity index (χ2n) is 8.05. The summed E-state index contributed by atoms with van der Waals surface area (Å²) in [6.07, 6.45) is 0.136. The monoisotopic (exact) mass is 469 g/mol. The van der Waals surface area contributed by atoms with Crippen molar-refractivity contribution in [2.24, 2.45) is 0 Å². The Morgan fingerprint density at radius 1 is 0.879 bits per heavy atom. The van der Waals surface area contributed by atoms with E-state index in [0.29, 0.717) is 6.54 Å². The number of carbonyl (C=O) groups excluding carboxylic acids is 1. The predicted octanol–water partition coefficient (Wildman–Crippen LogP) is 3.44. The van der Waals surface area contributed by atoms with E-state index < -0.39 is 32.7 Å². The first-order chi connectivity index (χ1) is 15.7. The van der Waals surface area contributed by atoms with Gasteiger partial charge in [0.2, 0.25) is 15.9 Å². The van der Waals surface area contributed by atoms with Crippen LogP contribution in [0.15, 0.2) is 83.8 Å². The van der Waals surface area contributed by atoms with Crippen molar-refractivity contribution in [1.82, 2.24) is 9.62 Å². The van der Waals surface area contributed by atoms with Gasteiger partial charge in [-0.3, -0.25) is 4.79 Å². The minimum absolute atomic E-state index is 0.136. The van der Waals surface area contributed by atoms with Crippen LogP contribution >= 0.6 is 0 Å². The van der Waals surface area contributed by atoms with Crippen molar-refractivity contribution in [3.63, 3.8) is 0 Å². The number of halogens is 1. The number of nitrogens with zero attached hydrogens (tertiary/aromatic N) is 2. The highest BCUT2D eigenvalue weighted by Crippen LogP contribution is 2.17. The Hall–Kier alpha value is -3.23. The van der Waals surface area contributed by atoms with E-state index in [9.17, 15) is 17.6 Å². The first-order valence-corrected chi connectivity index (χ1v) is 12.0. The Kier molecular flexibility index (Phi) is 7.84. The van der Waals surface area contributed by atoms with Gasteiger partial charge in [-0.2, -0.15) is 4.72 Å². The summed E-state index contributed by atoms with van der Waals surface area (Å²) in [6.45, 7) is 0.305. The van der Waals surface area contributed by atoms with E-state index in [0.717, 1.165) is 22.9 Å². The van der Waals surface area contributed by atoms with Crippen LogP contribution in [0.4, 0.5) is 10.1 Å². The van der Waals surface area contributed by atoms with E-state index in [1.165, 1.54) is 23.1 Å². The standard InChI is InChI=1S/C25H28FN3O3S/c1-28(2)21-15-13-20(14-16-21)18-29(3)25(30)23(17-19-9-5-4-6-10-19)27-33(31,32)24-12-8-7-11-22(24)26/h4-16,23,27H,17-18H2,1-3H3. The lowest BCUT2D eigenvalue weighted by Crippen LogP contribution is -2.48. The van der Waals surface area contributed by atoms with Gasteiger partial charge in [0.1, 0.15) is 16.8 Å². The zero-order valence-electron chi connectivity index (χ0n) is 18.9. The SMILES string of the molecule is CN(Cc1ccc(N(C)C)cc1)C(=O)C(Cc1ccccc1)NS(=O)(=O)c1ccccc1F. The summed E-state index contributed by atoms with van der Waals surface area (Å²) in [6, 6.07) is 20.9. The summed E-state index contributed by atoms with van der Waals surface area (Å²) < 4.78 is 42.4. The van der Waals surface area contributed by atoms with Gasteiger partial charge in [-0.05, 0) is 41.8 Å². The number of hydrogen-bond donors (Lipinski definition) is 1. The number of sulfonamides is 1. The molecule has 0 aromatic heterocycles. The lowest BCUT2D eigenvalue weighted by atomic mass is 10.1. The van der Waals surface area contributed by atoms with Crippen LogP contribution < -0.4 is 9.62 Å². The van der Waals surface area contributed by atoms with Gasteiger partial charge in [-0.25, -0.2) is 12.8 Å². The minimum Gasteiger partial charge on any atom is -0.378 e. The van der Waals surface area contributed by atoms with Crippen molar-refractivity contribution in [2.45, 2.75) is 23.9 Å². The molecule has 1 atom stereocenters. The molecule has 0 heterocycles. The largest absolute Gasteiger partial charge is 0.378 e. The molecule has 33 heavy (non-hydrogen) atoms. The van der Waals surface area contributed by atoms with Crippen molar-refractivity contribution >= 4 is 21.6 Å². The fraction of sp³-hybridized carbons (Fsp3) is 0.240. The van der Waals surface area contributed by atoms with E-state index in [2.05, 4.69) is 4.72 Å². The fourth-order valence-corrected chi connectivity index (χ4v) is 4.73. The summed E-state index contributed by atoms with van der Waals surface area (Å²) in [5.41, 5.74) is 2.73. The van der Waals surface area contributed by atoms with Gasteiger partial charge in [0.25, 0.3) is 0 Å². The van der Waals surface area contributed by atoms with Crippen LogP contribution in [0.3, 0.4) is 0 Å². The summed E-state index contributed by atoms with van der Waals surface area (Å²) in [4.78, 5) is 16.3. The molecular formula is C25H28FN3O3S. The van der Waals surface area contributed by atoms with E-state index in [1.54, 1.807) is 7.05 Å². The summed E-state index contributed by atoms with van der Waals surface area (Å²) in [5.74, 6) is -1.28. The third kappa shape index (κ3) is 6.40. The number of rotatable bonds is 9. The molecule has 3 aromatic rings. The van der Waals surface area contributed by atoms with Crippen LogP contribution in [-0.4, -0.2) is 46.4 Å². The maximum Gasteiger partial charge on any atom is 0.244 e. The van der Waals surface area contributed by atoms with Crippen LogP contribution in [0.2, 0.25) is 0 Å². The zero-order valence-corrected chi connectivity index (χ0v) is 19.7. The van der Waals surface area contributed by atoms with Gasteiger partial charge >= 0.3 is 0 Å². The van der Waals surface area contributed by atoms with Crippen molar-refractivity contribution in [3.05, 3.63) is 95.8 Å². The van der Waals surface area contributed by atoms with Crippen molar-refractivity contribution < 1.29 is 17.6 Å². The molecule has 1 unspecified atom stereocenters. The lowest BCUT2D eigenvalue weighted by molar-refractivity contribution is -0.132. The second kappa shape index (κ2) is 10.6. The Morgan fingerprint density at radius 2 is 1.48 bits per heavy atom. The van der Waals surface area contributed by atoms with Crippen molar-refractivity contribution in [1.29, 1.82) is 0 Å². The van der Waals surface area contributed by atoms with Crippen molar-refractivity contribution in [3.8, 4) is 0 Å². The molecule has 1 N–H and O–H groups in total. The number of hydrogen-bond acceptors (Lipinski definition) is 4. The number of benzene rings is 3. The van der Waals surface area contributed by atoms with Crippen molar-refractivity contribution in [2.75, 3.05) is 26.0 Å². The second-order valence-corrected chi connectivity index (χ2v) is 9.73. The van der Waals surface area contributed by atoms with Gasteiger partial charge in [0.05, 0.1) is 0 Å². The predicted molar refractivity (Wildman–Crippen MR) is 128 cm³/mol. The smallest absolute Gasteiger partial charge is 0.244 e. The topological polar surface area (TPSA) is 69.7 Å². The molecule has 0 aliphatic carbocycles. The van der Waals surface area contributed by atoms with E-state index in [-0.39, 0.29) is 6.42 Å². The van der Waals surface area contributed by atoms with E-state index in [1.807, 2.05) is 73.6 Å². The van der Waals surface area contributed by atoms with Gasteiger partial charge in [0.15, 0.2) is 0 Å². The average Bonchev–Trinajstić information content (AvgIpc) is 2.79. The summed E-state index contributed by atoms with van der Waals surface area (Å²) in [5, 5.41) is 0. The fourth-order valence-electron chi connectivity index (χ4n) is 3.46. The molecule has 6 nitrogen and oxygen atoms in total. The van der Waals surface area contributed by atoms with Crippen LogP contribution in [0.5, 0.6) is 0 Å². The van der Waals surface area contributed by atoms with Crippen LogP contribution in [0.25, 0.3) is 0 Å². The molecule has 0 saturated carbocycles. The normalized spacial score (nSPS) is 12.2. The maximum absolute atomic E-state index is 14.2. The highest BCUT2D eigenvalue weighted by atomic mass is 32.2. The molecule has 0 fully saturated rings. The van der Waals surface area contributed by atoms with Gasteiger partial charge < -0.3 is 9.80 Å². The number of amides is 1. The number of nitrogens with one attached hydrogen (secondary N) is 1. The molecule has 1 amide bonds. The molecule has 0 bridgehead atoms. The first kappa shape index (κ1) is 24.4. The maximum atomic E-state index is 14.2. The third-order valence-corrected chi connectivity index (χ3v) is 6.76. The molecule has 0 radical (unpaired) electrons. The Balaban J connectivity index is 1.83. The number of anilines is 1. The Bertz CT molecular complexity index is 1180. The Morgan fingerprint density at radius 3 is 2.09 bits per heavy atom. The van der Waals surface area contributed by atoms with Gasteiger partial charge in [-0.1, -0.05) is 54.6 Å². The quantitative estimate of drug-likeness (QED) is 0.521. The van der Waals surface area contributed by atoms with Gasteiger partial charge in [-0.15, -0.1) is 0 Å². The molecule has 3 aromatic carbocycles. The van der Waals surface area contributed by atoms with Gasteiger partial charge in [0, 0.05) is 33.4 Å². The first-order valence-electron chi connectivity index (χ1n) is 10.5. The van der Waals surface area contributed by atoms with Crippen LogP contribution in [0, 0.1) is 5.82 Å². The molecule has 0 aliphatic heterocycles. The highest BCUT2D eigenvalue weighted by molar-refractivity contribution is 7.89. The van der Waals surface area contributed by atoms with E-state index in [4.69, 9.17) is 0 Å².